The Balaban J connectivity index is 1.59. The van der Waals surface area contributed by atoms with Crippen LogP contribution in [0.3, 0.4) is 0 Å². The first-order chi connectivity index (χ1) is 23.2. The number of fused-ring (bicyclic) bond motifs is 1. The van der Waals surface area contributed by atoms with E-state index in [1.807, 2.05) is 40.7 Å². The third kappa shape index (κ3) is 10.2. The van der Waals surface area contributed by atoms with E-state index in [-0.39, 0.29) is 47.5 Å². The van der Waals surface area contributed by atoms with Crippen LogP contribution in [0.25, 0.3) is 10.9 Å². The molecule has 5 unspecified atom stereocenters. The van der Waals surface area contributed by atoms with Crippen LogP contribution in [0.1, 0.15) is 110 Å². The molecule has 1 spiro atoms. The predicted molar refractivity (Wildman–Crippen MR) is 191 cm³/mol. The van der Waals surface area contributed by atoms with Crippen molar-refractivity contribution >= 4 is 22.9 Å². The molecule has 272 valence electrons. The Kier molecular flexibility index (Phi) is 13.2. The van der Waals surface area contributed by atoms with Crippen LogP contribution in [-0.4, -0.2) is 72.8 Å². The maximum Gasteiger partial charge on any atom is 0.407 e. The quantitative estimate of drug-likeness (QED) is 0.143. The fourth-order valence-corrected chi connectivity index (χ4v) is 7.78. The molecular formula is C39H60N4O6. The van der Waals surface area contributed by atoms with Gasteiger partial charge in [0.25, 0.3) is 0 Å². The summed E-state index contributed by atoms with van der Waals surface area (Å²) in [7, 11) is 1.70. The van der Waals surface area contributed by atoms with Crippen molar-refractivity contribution in [2.24, 2.45) is 29.1 Å². The number of hydrogen-bond donors (Lipinski definition) is 4. The fraction of sp³-hybridized carbons (Fsp3) is 0.718. The number of alkyl carbamates (subject to hydrolysis) is 1. The van der Waals surface area contributed by atoms with Gasteiger partial charge < -0.3 is 34.9 Å². The van der Waals surface area contributed by atoms with E-state index in [4.69, 9.17) is 14.2 Å². The van der Waals surface area contributed by atoms with Crippen LogP contribution in [0.2, 0.25) is 0 Å². The summed E-state index contributed by atoms with van der Waals surface area (Å²) in [6, 6.07) is 7.97. The molecule has 4 rings (SSSR count). The first-order valence-corrected chi connectivity index (χ1v) is 18.2. The number of ether oxygens (including phenoxy) is 3. The third-order valence-corrected chi connectivity index (χ3v) is 10.8. The topological polar surface area (TPSA) is 146 Å². The summed E-state index contributed by atoms with van der Waals surface area (Å²) in [4.78, 5) is 30.2. The molecule has 1 aliphatic heterocycles. The van der Waals surface area contributed by atoms with Gasteiger partial charge in [-0.15, -0.1) is 0 Å². The molecule has 10 heteroatoms. The van der Waals surface area contributed by atoms with Crippen LogP contribution >= 0.6 is 0 Å². The summed E-state index contributed by atoms with van der Waals surface area (Å²) in [6.07, 6.45) is 5.47. The second-order valence-corrected chi connectivity index (χ2v) is 16.2. The monoisotopic (exact) mass is 680 g/mol. The molecular weight excluding hydrogens is 620 g/mol. The van der Waals surface area contributed by atoms with Gasteiger partial charge in [-0.3, -0.25) is 4.79 Å². The van der Waals surface area contributed by atoms with Crippen molar-refractivity contribution in [3.63, 3.8) is 0 Å². The van der Waals surface area contributed by atoms with Crippen molar-refractivity contribution in [2.45, 2.75) is 123 Å². The Hall–Kier alpha value is -3.13. The molecule has 1 aliphatic carbocycles. The van der Waals surface area contributed by atoms with E-state index in [9.17, 15) is 20.0 Å². The minimum Gasteiger partial charge on any atom is -0.444 e. The Bertz CT molecular complexity index is 1430. The van der Waals surface area contributed by atoms with Gasteiger partial charge in [0.05, 0.1) is 17.7 Å². The average molecular weight is 681 g/mol. The summed E-state index contributed by atoms with van der Waals surface area (Å²) < 4.78 is 16.7. The van der Waals surface area contributed by atoms with Gasteiger partial charge in [-0.1, -0.05) is 39.8 Å². The van der Waals surface area contributed by atoms with Gasteiger partial charge in [-0.2, -0.15) is 5.26 Å². The van der Waals surface area contributed by atoms with Gasteiger partial charge in [0.15, 0.2) is 0 Å². The Labute approximate surface area is 293 Å². The number of methoxy groups -OCH3 is 1. The van der Waals surface area contributed by atoms with Crippen molar-refractivity contribution in [1.82, 2.24) is 15.6 Å². The van der Waals surface area contributed by atoms with Crippen molar-refractivity contribution < 1.29 is 28.9 Å². The summed E-state index contributed by atoms with van der Waals surface area (Å²) in [5.41, 5.74) is 2.08. The summed E-state index contributed by atoms with van der Waals surface area (Å²) >= 11 is 0. The number of H-pyrrole nitrogens is 1. The van der Waals surface area contributed by atoms with E-state index < -0.39 is 29.8 Å². The van der Waals surface area contributed by atoms with E-state index in [2.05, 4.69) is 47.7 Å². The lowest BCUT2D eigenvalue weighted by molar-refractivity contribution is -0.128. The minimum atomic E-state index is -0.980. The Morgan fingerprint density at radius 1 is 1.14 bits per heavy atom. The first-order valence-electron chi connectivity index (χ1n) is 18.2. The second kappa shape index (κ2) is 16.7. The number of hydrogen-bond acceptors (Lipinski definition) is 7. The lowest BCUT2D eigenvalue weighted by Gasteiger charge is -2.37. The van der Waals surface area contributed by atoms with Crippen LogP contribution in [-0.2, 0) is 19.0 Å². The summed E-state index contributed by atoms with van der Waals surface area (Å²) in [6.45, 7) is 15.9. The second-order valence-electron chi connectivity index (χ2n) is 16.2. The first kappa shape index (κ1) is 38.7. The number of aliphatic hydroxyl groups excluding tert-OH is 1. The van der Waals surface area contributed by atoms with E-state index in [1.54, 1.807) is 13.3 Å². The highest BCUT2D eigenvalue weighted by molar-refractivity contribution is 5.86. The van der Waals surface area contributed by atoms with Crippen molar-refractivity contribution in [1.29, 1.82) is 5.26 Å². The molecule has 2 heterocycles. The SMILES string of the molecule is COCCCC(c1ccc2c(C#N)c[nH]c2c1)C(CC(NC(=O)OC(C)(C)C)C(O)CC(C(=O)N[C@@H]1CC12CCOCC2)C(C)C)C(C)C. The summed E-state index contributed by atoms with van der Waals surface area (Å²) in [5, 5.41) is 28.7. The summed E-state index contributed by atoms with van der Waals surface area (Å²) in [5.74, 6) is -0.123. The largest absolute Gasteiger partial charge is 0.444 e. The molecule has 1 aromatic heterocycles. The zero-order valence-corrected chi connectivity index (χ0v) is 30.9. The number of nitriles is 1. The Morgan fingerprint density at radius 3 is 2.47 bits per heavy atom. The number of aliphatic hydroxyl groups is 1. The molecule has 49 heavy (non-hydrogen) atoms. The maximum atomic E-state index is 13.7. The molecule has 6 atom stereocenters. The number of benzene rings is 1. The highest BCUT2D eigenvalue weighted by Gasteiger charge is 2.55. The molecule has 1 saturated heterocycles. The van der Waals surface area contributed by atoms with Crippen LogP contribution < -0.4 is 10.6 Å². The number of aromatic amines is 1. The van der Waals surface area contributed by atoms with Crippen molar-refractivity contribution in [3.8, 4) is 6.07 Å². The molecule has 4 N–H and O–H groups in total. The normalized spacial score (nSPS) is 20.4. The number of amides is 2. The fourth-order valence-electron chi connectivity index (χ4n) is 7.78. The lowest BCUT2D eigenvalue weighted by atomic mass is 9.72. The number of carbonyl (C=O) groups excluding carboxylic acids is 2. The van der Waals surface area contributed by atoms with Crippen LogP contribution in [0.15, 0.2) is 24.4 Å². The molecule has 0 bridgehead atoms. The van der Waals surface area contributed by atoms with Crippen molar-refractivity contribution in [2.75, 3.05) is 26.9 Å². The molecule has 1 saturated carbocycles. The average Bonchev–Trinajstić information content (AvgIpc) is 3.49. The number of rotatable bonds is 16. The number of carbonyl (C=O) groups is 2. The van der Waals surface area contributed by atoms with Gasteiger partial charge in [0.2, 0.25) is 5.91 Å². The maximum absolute atomic E-state index is 13.7. The molecule has 0 radical (unpaired) electrons. The lowest BCUT2D eigenvalue weighted by Crippen LogP contribution is -2.49. The number of nitrogens with one attached hydrogen (secondary N) is 3. The molecule has 2 aromatic rings. The van der Waals surface area contributed by atoms with E-state index in [0.717, 1.165) is 61.8 Å². The molecule has 2 amide bonds. The minimum absolute atomic E-state index is 0.00488. The molecule has 2 fully saturated rings. The highest BCUT2D eigenvalue weighted by Crippen LogP contribution is 2.53. The van der Waals surface area contributed by atoms with Gasteiger partial charge in [-0.05, 0) is 106 Å². The van der Waals surface area contributed by atoms with Crippen molar-refractivity contribution in [3.05, 3.63) is 35.5 Å². The van der Waals surface area contributed by atoms with Crippen LogP contribution in [0.4, 0.5) is 4.79 Å². The standard InChI is InChI=1S/C39H60N4O6/c1-24(2)30(28(10-9-15-47-8)26-11-12-29-27(22-40)23-41-32(29)18-26)19-33(42-37(46)49-38(5,6)7)34(44)20-31(25(3)4)36(45)43-35-21-39(35)13-16-48-17-14-39/h11-12,18,23-25,28,30-31,33-35,41,44H,9-10,13-17,19-21H2,1-8H3,(H,42,46)(H,43,45)/t28?,30?,31?,33?,34?,35-/m1/s1. The highest BCUT2D eigenvalue weighted by atomic mass is 16.6. The number of aromatic nitrogens is 1. The van der Waals surface area contributed by atoms with Gasteiger partial charge in [0, 0.05) is 56.0 Å². The smallest absolute Gasteiger partial charge is 0.407 e. The van der Waals surface area contributed by atoms with E-state index in [1.165, 1.54) is 0 Å². The van der Waals surface area contributed by atoms with Gasteiger partial charge >= 0.3 is 6.09 Å². The number of nitrogens with zero attached hydrogens (tertiary/aromatic N) is 1. The molecule has 1 aromatic carbocycles. The zero-order chi connectivity index (χ0) is 35.9. The van der Waals surface area contributed by atoms with Gasteiger partial charge in [-0.25, -0.2) is 4.79 Å². The molecule has 2 aliphatic rings. The Morgan fingerprint density at radius 2 is 1.86 bits per heavy atom. The van der Waals surface area contributed by atoms with E-state index >= 15 is 0 Å². The van der Waals surface area contributed by atoms with Gasteiger partial charge in [0.1, 0.15) is 11.7 Å². The third-order valence-electron chi connectivity index (χ3n) is 10.8. The van der Waals surface area contributed by atoms with Crippen LogP contribution in [0.5, 0.6) is 0 Å². The predicted octanol–water partition coefficient (Wildman–Crippen LogP) is 6.81. The molecule has 10 nitrogen and oxygen atoms in total. The zero-order valence-electron chi connectivity index (χ0n) is 30.9. The van der Waals surface area contributed by atoms with E-state index in [0.29, 0.717) is 18.6 Å². The van der Waals surface area contributed by atoms with Crippen LogP contribution in [0, 0.1) is 40.4 Å².